The second-order valence-electron chi connectivity index (χ2n) is 7.08. The second-order valence-corrected chi connectivity index (χ2v) is 7.08. The summed E-state index contributed by atoms with van der Waals surface area (Å²) in [6.07, 6.45) is 9.45. The number of nitrogens with zero attached hydrogens (tertiary/aromatic N) is 3. The molecule has 0 atom stereocenters. The first-order valence-corrected chi connectivity index (χ1v) is 9.28. The molecule has 1 aromatic rings. The number of amides is 2. The van der Waals surface area contributed by atoms with E-state index < -0.39 is 0 Å². The van der Waals surface area contributed by atoms with Gasteiger partial charge in [0.1, 0.15) is 0 Å². The first-order valence-electron chi connectivity index (χ1n) is 9.28. The highest BCUT2D eigenvalue weighted by molar-refractivity contribution is 6.03. The van der Waals surface area contributed by atoms with Crippen molar-refractivity contribution in [3.05, 3.63) is 53.5 Å². The summed E-state index contributed by atoms with van der Waals surface area (Å²) in [7, 11) is 0. The molecule has 0 unspecified atom stereocenters. The number of rotatable bonds is 5. The van der Waals surface area contributed by atoms with E-state index in [1.54, 1.807) is 26.1 Å². The summed E-state index contributed by atoms with van der Waals surface area (Å²) < 4.78 is 0. The summed E-state index contributed by atoms with van der Waals surface area (Å²) in [6.45, 7) is 8.77. The SMILES string of the molecule is C=C(C)C(=O)Nc1cc(NC(=O)CN2CC3=C(C2)N=C/C=C/CC3)cnc1C. The third kappa shape index (κ3) is 5.01. The van der Waals surface area contributed by atoms with Crippen LogP contribution in [-0.4, -0.2) is 47.5 Å². The number of aromatic nitrogens is 1. The number of pyridine rings is 1. The van der Waals surface area contributed by atoms with E-state index in [9.17, 15) is 9.59 Å². The number of carbonyl (C=O) groups excluding carboxylic acids is 2. The number of hydrogen-bond acceptors (Lipinski definition) is 5. The fourth-order valence-electron chi connectivity index (χ4n) is 3.12. The standard InChI is InChI=1S/C21H25N5O2/c1-14(2)21(28)25-18-9-17(10-23-15(18)3)24-20(27)13-26-11-16-7-5-4-6-8-22-19(16)12-26/h4,6,8-10H,1,5,7,11-13H2,2-3H3,(H,24,27)(H,25,28)/b6-4+,22-8?. The lowest BCUT2D eigenvalue weighted by atomic mass is 10.1. The van der Waals surface area contributed by atoms with Crippen LogP contribution in [0.2, 0.25) is 0 Å². The monoisotopic (exact) mass is 379 g/mol. The zero-order valence-corrected chi connectivity index (χ0v) is 16.3. The molecule has 0 spiro atoms. The van der Waals surface area contributed by atoms with Gasteiger partial charge in [0.25, 0.3) is 5.91 Å². The molecule has 3 rings (SSSR count). The van der Waals surface area contributed by atoms with E-state index in [1.807, 2.05) is 12.3 Å². The van der Waals surface area contributed by atoms with Crippen molar-refractivity contribution < 1.29 is 9.59 Å². The van der Waals surface area contributed by atoms with Crippen molar-refractivity contribution in [3.63, 3.8) is 0 Å². The highest BCUT2D eigenvalue weighted by atomic mass is 16.2. The third-order valence-corrected chi connectivity index (χ3v) is 4.63. The van der Waals surface area contributed by atoms with E-state index in [4.69, 9.17) is 0 Å². The molecule has 3 heterocycles. The highest BCUT2D eigenvalue weighted by Gasteiger charge is 2.23. The van der Waals surface area contributed by atoms with Crippen LogP contribution < -0.4 is 10.6 Å². The van der Waals surface area contributed by atoms with E-state index in [-0.39, 0.29) is 18.4 Å². The maximum atomic E-state index is 12.5. The van der Waals surface area contributed by atoms with Crippen LogP contribution in [-0.2, 0) is 9.59 Å². The van der Waals surface area contributed by atoms with E-state index in [2.05, 4.69) is 38.2 Å². The molecule has 0 saturated heterocycles. The molecule has 0 aromatic carbocycles. The van der Waals surface area contributed by atoms with Crippen molar-refractivity contribution in [3.8, 4) is 0 Å². The Morgan fingerprint density at radius 3 is 2.89 bits per heavy atom. The predicted molar refractivity (Wildman–Crippen MR) is 111 cm³/mol. The van der Waals surface area contributed by atoms with Gasteiger partial charge in [-0.1, -0.05) is 12.7 Å². The van der Waals surface area contributed by atoms with E-state index in [1.165, 1.54) is 5.57 Å². The van der Waals surface area contributed by atoms with Gasteiger partial charge in [-0.25, -0.2) is 0 Å². The molecule has 2 amide bonds. The van der Waals surface area contributed by atoms with Gasteiger partial charge in [-0.3, -0.25) is 24.5 Å². The van der Waals surface area contributed by atoms with Gasteiger partial charge in [0.05, 0.1) is 35.5 Å². The maximum absolute atomic E-state index is 12.5. The molecule has 146 valence electrons. The number of anilines is 2. The maximum Gasteiger partial charge on any atom is 0.250 e. The Bertz CT molecular complexity index is 898. The minimum Gasteiger partial charge on any atom is -0.324 e. The van der Waals surface area contributed by atoms with Crippen LogP contribution in [0.25, 0.3) is 0 Å². The normalized spacial score (nSPS) is 17.5. The van der Waals surface area contributed by atoms with Crippen LogP contribution in [0, 0.1) is 6.92 Å². The summed E-state index contributed by atoms with van der Waals surface area (Å²) in [5, 5.41) is 5.61. The van der Waals surface area contributed by atoms with Crippen molar-refractivity contribution in [1.29, 1.82) is 0 Å². The molecule has 0 aliphatic carbocycles. The number of carbonyl (C=O) groups is 2. The topological polar surface area (TPSA) is 86.7 Å². The smallest absolute Gasteiger partial charge is 0.250 e. The van der Waals surface area contributed by atoms with Gasteiger partial charge in [-0.05, 0) is 44.4 Å². The van der Waals surface area contributed by atoms with Crippen LogP contribution >= 0.6 is 0 Å². The fourth-order valence-corrected chi connectivity index (χ4v) is 3.12. The van der Waals surface area contributed by atoms with Gasteiger partial charge < -0.3 is 10.6 Å². The highest BCUT2D eigenvalue weighted by Crippen LogP contribution is 2.24. The molecule has 0 bridgehead atoms. The Labute approximate surface area is 164 Å². The minimum atomic E-state index is -0.274. The molecule has 7 nitrogen and oxygen atoms in total. The summed E-state index contributed by atoms with van der Waals surface area (Å²) in [4.78, 5) is 35.1. The Kier molecular flexibility index (Phi) is 6.16. The van der Waals surface area contributed by atoms with Crippen molar-refractivity contribution in [2.24, 2.45) is 4.99 Å². The molecule has 2 N–H and O–H groups in total. The van der Waals surface area contributed by atoms with Crippen molar-refractivity contribution in [2.75, 3.05) is 30.3 Å². The number of allylic oxidation sites excluding steroid dienone is 2. The lowest BCUT2D eigenvalue weighted by Crippen LogP contribution is -2.32. The molecule has 28 heavy (non-hydrogen) atoms. The summed E-state index contributed by atoms with van der Waals surface area (Å²) >= 11 is 0. The Balaban J connectivity index is 1.58. The summed E-state index contributed by atoms with van der Waals surface area (Å²) in [5.74, 6) is -0.399. The first-order chi connectivity index (χ1) is 13.4. The number of nitrogens with one attached hydrogen (secondary N) is 2. The van der Waals surface area contributed by atoms with Gasteiger partial charge in [-0.2, -0.15) is 0 Å². The van der Waals surface area contributed by atoms with Crippen LogP contribution in [0.1, 0.15) is 25.5 Å². The van der Waals surface area contributed by atoms with E-state index >= 15 is 0 Å². The molecule has 1 aromatic heterocycles. The minimum absolute atomic E-state index is 0.125. The predicted octanol–water partition coefficient (Wildman–Crippen LogP) is 2.83. The zero-order valence-electron chi connectivity index (χ0n) is 16.3. The first kappa shape index (κ1) is 19.7. The van der Waals surface area contributed by atoms with Crippen molar-refractivity contribution >= 4 is 29.4 Å². The van der Waals surface area contributed by atoms with Crippen LogP contribution in [0.5, 0.6) is 0 Å². The average Bonchev–Trinajstić information content (AvgIpc) is 2.98. The quantitative estimate of drug-likeness (QED) is 0.770. The van der Waals surface area contributed by atoms with Crippen molar-refractivity contribution in [1.82, 2.24) is 9.88 Å². The number of hydrogen-bond donors (Lipinski definition) is 2. The van der Waals surface area contributed by atoms with Gasteiger partial charge in [0, 0.05) is 24.9 Å². The van der Waals surface area contributed by atoms with Crippen LogP contribution in [0.4, 0.5) is 11.4 Å². The molecular formula is C21H25N5O2. The number of aliphatic imine (C=N–C) groups is 1. The van der Waals surface area contributed by atoms with Crippen molar-refractivity contribution in [2.45, 2.75) is 26.7 Å². The molecule has 7 heteroatoms. The molecule has 0 radical (unpaired) electrons. The largest absolute Gasteiger partial charge is 0.324 e. The van der Waals surface area contributed by atoms with Gasteiger partial charge in [0.2, 0.25) is 5.91 Å². The van der Waals surface area contributed by atoms with Gasteiger partial charge in [-0.15, -0.1) is 0 Å². The Hall–Kier alpha value is -3.06. The van der Waals surface area contributed by atoms with E-state index in [0.717, 1.165) is 25.1 Å². The molecule has 2 aliphatic heterocycles. The number of aryl methyl sites for hydroxylation is 1. The van der Waals surface area contributed by atoms with Crippen LogP contribution in [0.3, 0.4) is 0 Å². The second kappa shape index (κ2) is 8.75. The average molecular weight is 379 g/mol. The van der Waals surface area contributed by atoms with E-state index in [0.29, 0.717) is 29.2 Å². The molecular weight excluding hydrogens is 354 g/mol. The van der Waals surface area contributed by atoms with Crippen LogP contribution in [0.15, 0.2) is 52.8 Å². The van der Waals surface area contributed by atoms with Gasteiger partial charge >= 0.3 is 0 Å². The summed E-state index contributed by atoms with van der Waals surface area (Å²) in [6, 6.07) is 1.71. The molecule has 0 fully saturated rings. The summed E-state index contributed by atoms with van der Waals surface area (Å²) in [5.41, 5.74) is 4.54. The lowest BCUT2D eigenvalue weighted by molar-refractivity contribution is -0.117. The Morgan fingerprint density at radius 2 is 2.11 bits per heavy atom. The Morgan fingerprint density at radius 1 is 1.29 bits per heavy atom. The van der Waals surface area contributed by atoms with Gasteiger partial charge in [0.15, 0.2) is 0 Å². The zero-order chi connectivity index (χ0) is 20.1. The molecule has 0 saturated carbocycles. The lowest BCUT2D eigenvalue weighted by Gasteiger charge is -2.16. The third-order valence-electron chi connectivity index (χ3n) is 4.63. The molecule has 2 aliphatic rings. The fraction of sp³-hybridized carbons (Fsp3) is 0.333.